The molecule has 5 aromatic rings. The summed E-state index contributed by atoms with van der Waals surface area (Å²) in [6.07, 6.45) is 3.24. The zero-order chi connectivity index (χ0) is 25.1. The van der Waals surface area contributed by atoms with Crippen molar-refractivity contribution in [1.29, 1.82) is 0 Å². The van der Waals surface area contributed by atoms with Crippen LogP contribution in [0.15, 0.2) is 79.1 Å². The first-order valence-corrected chi connectivity index (χ1v) is 11.2. The van der Waals surface area contributed by atoms with Crippen LogP contribution in [-0.2, 0) is 0 Å². The zero-order valence-electron chi connectivity index (χ0n) is 19.6. The molecule has 0 amide bonds. The van der Waals surface area contributed by atoms with Crippen molar-refractivity contribution in [2.45, 2.75) is 13.8 Å². The third-order valence-electron chi connectivity index (χ3n) is 5.69. The number of aromatic nitrogens is 5. The quantitative estimate of drug-likeness (QED) is 0.311. The van der Waals surface area contributed by atoms with Crippen LogP contribution in [0.2, 0.25) is 0 Å². The number of hydrogen-bond donors (Lipinski definition) is 2. The van der Waals surface area contributed by atoms with Gasteiger partial charge in [-0.2, -0.15) is 0 Å². The van der Waals surface area contributed by atoms with Crippen LogP contribution in [0.5, 0.6) is 11.6 Å². The summed E-state index contributed by atoms with van der Waals surface area (Å²) in [7, 11) is 0. The number of hydrogen-bond acceptors (Lipinski definition) is 8. The number of nitrogens with two attached hydrogens (primary N) is 1. The van der Waals surface area contributed by atoms with Crippen molar-refractivity contribution in [2.24, 2.45) is 0 Å². The predicted molar refractivity (Wildman–Crippen MR) is 136 cm³/mol. The summed E-state index contributed by atoms with van der Waals surface area (Å²) >= 11 is 0. The van der Waals surface area contributed by atoms with Gasteiger partial charge in [0.15, 0.2) is 5.82 Å². The van der Waals surface area contributed by atoms with E-state index in [0.717, 1.165) is 28.1 Å². The second-order valence-corrected chi connectivity index (χ2v) is 8.06. The first-order chi connectivity index (χ1) is 17.5. The summed E-state index contributed by atoms with van der Waals surface area (Å²) in [6.45, 7) is 3.94. The average Bonchev–Trinajstić information content (AvgIpc) is 2.89. The van der Waals surface area contributed by atoms with E-state index in [-0.39, 0.29) is 11.8 Å². The number of anilines is 3. The van der Waals surface area contributed by atoms with Crippen molar-refractivity contribution in [3.63, 3.8) is 0 Å². The summed E-state index contributed by atoms with van der Waals surface area (Å²) in [6, 6.07) is 19.1. The monoisotopic (exact) mass is 479 g/mol. The molecule has 0 atom stereocenters. The Balaban J connectivity index is 1.34. The van der Waals surface area contributed by atoms with E-state index in [1.54, 1.807) is 36.7 Å². The molecular weight excluding hydrogens is 457 g/mol. The number of pyridine rings is 1. The van der Waals surface area contributed by atoms with E-state index in [1.807, 2.05) is 44.2 Å². The number of nitrogens with zero attached hydrogens (tertiary/aromatic N) is 5. The van der Waals surface area contributed by atoms with Crippen molar-refractivity contribution >= 4 is 17.5 Å². The molecule has 0 fully saturated rings. The van der Waals surface area contributed by atoms with Gasteiger partial charge >= 0.3 is 0 Å². The lowest BCUT2D eigenvalue weighted by Gasteiger charge is -2.14. The van der Waals surface area contributed by atoms with Crippen LogP contribution in [0.4, 0.5) is 21.8 Å². The van der Waals surface area contributed by atoms with Crippen LogP contribution in [0.1, 0.15) is 11.1 Å². The Morgan fingerprint density at radius 1 is 0.833 bits per heavy atom. The SMILES string of the molecule is Cc1c(Nc2ccc(Oc3ncccc3-c3ccnc(N)n3)cc2)nnc(-c2ccc(F)cc2)c1C. The predicted octanol–water partition coefficient (Wildman–Crippen LogP) is 5.87. The lowest BCUT2D eigenvalue weighted by Crippen LogP contribution is -2.03. The zero-order valence-corrected chi connectivity index (χ0v) is 19.6. The molecule has 5 rings (SSSR count). The number of nitrogens with one attached hydrogen (secondary N) is 1. The Morgan fingerprint density at radius 2 is 1.61 bits per heavy atom. The van der Waals surface area contributed by atoms with Crippen LogP contribution in [0, 0.1) is 19.7 Å². The third-order valence-corrected chi connectivity index (χ3v) is 5.69. The molecule has 0 radical (unpaired) electrons. The first-order valence-electron chi connectivity index (χ1n) is 11.2. The van der Waals surface area contributed by atoms with Crippen LogP contribution >= 0.6 is 0 Å². The molecule has 3 aromatic heterocycles. The topological polar surface area (TPSA) is 112 Å². The Bertz CT molecular complexity index is 1520. The van der Waals surface area contributed by atoms with E-state index >= 15 is 0 Å². The minimum Gasteiger partial charge on any atom is -0.438 e. The van der Waals surface area contributed by atoms with E-state index in [4.69, 9.17) is 10.5 Å². The van der Waals surface area contributed by atoms with E-state index in [2.05, 4.69) is 30.5 Å². The lowest BCUT2D eigenvalue weighted by atomic mass is 10.0. The Labute approximate surface area is 207 Å². The molecular formula is C27H22FN7O. The molecule has 178 valence electrons. The second-order valence-electron chi connectivity index (χ2n) is 8.06. The number of rotatable bonds is 6. The van der Waals surface area contributed by atoms with Gasteiger partial charge in [-0.3, -0.25) is 0 Å². The maximum atomic E-state index is 13.3. The maximum Gasteiger partial charge on any atom is 0.228 e. The fourth-order valence-corrected chi connectivity index (χ4v) is 3.65. The van der Waals surface area contributed by atoms with Gasteiger partial charge in [0.2, 0.25) is 11.8 Å². The van der Waals surface area contributed by atoms with Crippen LogP contribution in [-0.4, -0.2) is 25.1 Å². The van der Waals surface area contributed by atoms with Crippen LogP contribution < -0.4 is 15.8 Å². The average molecular weight is 480 g/mol. The maximum absolute atomic E-state index is 13.3. The van der Waals surface area contributed by atoms with Gasteiger partial charge in [0.05, 0.1) is 17.0 Å². The summed E-state index contributed by atoms with van der Waals surface area (Å²) in [5, 5.41) is 12.0. The van der Waals surface area contributed by atoms with Gasteiger partial charge in [-0.25, -0.2) is 19.3 Å². The fourth-order valence-electron chi connectivity index (χ4n) is 3.65. The largest absolute Gasteiger partial charge is 0.438 e. The molecule has 9 heteroatoms. The fraction of sp³-hybridized carbons (Fsp3) is 0.0741. The number of benzene rings is 2. The summed E-state index contributed by atoms with van der Waals surface area (Å²) in [4.78, 5) is 12.5. The molecule has 0 saturated carbocycles. The molecule has 0 bridgehead atoms. The molecule has 0 saturated heterocycles. The molecule has 3 heterocycles. The second kappa shape index (κ2) is 9.75. The van der Waals surface area contributed by atoms with E-state index in [9.17, 15) is 4.39 Å². The Morgan fingerprint density at radius 3 is 2.36 bits per heavy atom. The van der Waals surface area contributed by atoms with Gasteiger partial charge in [-0.1, -0.05) is 0 Å². The summed E-state index contributed by atoms with van der Waals surface area (Å²) in [5.74, 6) is 1.54. The van der Waals surface area contributed by atoms with Crippen molar-refractivity contribution in [3.8, 4) is 34.1 Å². The highest BCUT2D eigenvalue weighted by atomic mass is 19.1. The standard InChI is InChI=1S/C27H22FN7O/c1-16-17(2)25(35-34-24(16)18-5-7-19(28)8-6-18)32-20-9-11-21(12-10-20)36-26-22(4-3-14-30-26)23-13-15-31-27(29)33-23/h3-15H,1-2H3,(H,32,35)(H2,29,31,33). The normalized spacial score (nSPS) is 10.8. The van der Waals surface area contributed by atoms with Gasteiger partial charge < -0.3 is 15.8 Å². The van der Waals surface area contributed by atoms with Gasteiger partial charge in [0.1, 0.15) is 11.6 Å². The van der Waals surface area contributed by atoms with Gasteiger partial charge in [0.25, 0.3) is 0 Å². The highest BCUT2D eigenvalue weighted by Gasteiger charge is 2.13. The molecule has 2 aromatic carbocycles. The van der Waals surface area contributed by atoms with E-state index < -0.39 is 0 Å². The minimum absolute atomic E-state index is 0.178. The van der Waals surface area contributed by atoms with Crippen molar-refractivity contribution in [3.05, 3.63) is 96.1 Å². The molecule has 0 aliphatic heterocycles. The van der Waals surface area contributed by atoms with Crippen LogP contribution in [0.3, 0.4) is 0 Å². The molecule has 3 N–H and O–H groups in total. The first kappa shape index (κ1) is 22.9. The molecule has 0 unspecified atom stereocenters. The molecule has 0 aliphatic rings. The molecule has 0 spiro atoms. The van der Waals surface area contributed by atoms with Gasteiger partial charge in [-0.05, 0) is 91.7 Å². The highest BCUT2D eigenvalue weighted by molar-refractivity contribution is 5.69. The van der Waals surface area contributed by atoms with Gasteiger partial charge in [-0.15, -0.1) is 10.2 Å². The number of nitrogen functional groups attached to an aromatic ring is 1. The third kappa shape index (κ3) is 4.80. The smallest absolute Gasteiger partial charge is 0.228 e. The highest BCUT2D eigenvalue weighted by Crippen LogP contribution is 2.32. The number of ether oxygens (including phenoxy) is 1. The number of halogens is 1. The molecule has 0 aliphatic carbocycles. The summed E-state index contributed by atoms with van der Waals surface area (Å²) < 4.78 is 19.3. The van der Waals surface area contributed by atoms with Gasteiger partial charge in [0, 0.05) is 23.6 Å². The van der Waals surface area contributed by atoms with Crippen molar-refractivity contribution in [1.82, 2.24) is 25.1 Å². The molecule has 8 nitrogen and oxygen atoms in total. The van der Waals surface area contributed by atoms with E-state index in [1.165, 1.54) is 12.1 Å². The van der Waals surface area contributed by atoms with Crippen LogP contribution in [0.25, 0.3) is 22.5 Å². The molecule has 36 heavy (non-hydrogen) atoms. The Kier molecular flexibility index (Phi) is 6.19. The Hall–Kier alpha value is -4.92. The lowest BCUT2D eigenvalue weighted by molar-refractivity contribution is 0.465. The van der Waals surface area contributed by atoms with E-state index in [0.29, 0.717) is 28.7 Å². The van der Waals surface area contributed by atoms with Crippen molar-refractivity contribution < 1.29 is 9.13 Å². The van der Waals surface area contributed by atoms with Crippen molar-refractivity contribution in [2.75, 3.05) is 11.1 Å². The minimum atomic E-state index is -0.287. The summed E-state index contributed by atoms with van der Waals surface area (Å²) in [5.41, 5.74) is 11.3.